The van der Waals surface area contributed by atoms with Gasteiger partial charge in [0.25, 0.3) is 0 Å². The molecule has 0 spiro atoms. The van der Waals surface area contributed by atoms with Gasteiger partial charge in [-0.25, -0.2) is 0 Å². The summed E-state index contributed by atoms with van der Waals surface area (Å²) in [4.78, 5) is 0. The van der Waals surface area contributed by atoms with Crippen LogP contribution in [-0.2, 0) is 19.5 Å². The zero-order valence-corrected chi connectivity index (χ0v) is 12.2. The summed E-state index contributed by atoms with van der Waals surface area (Å²) < 4.78 is 2.17. The van der Waals surface area contributed by atoms with Crippen LogP contribution in [-0.4, -0.2) is 14.8 Å². The Morgan fingerprint density at radius 1 is 1.00 bits per heavy atom. The third-order valence-corrected chi connectivity index (χ3v) is 4.18. The first-order chi connectivity index (χ1) is 10.8. The summed E-state index contributed by atoms with van der Waals surface area (Å²) in [6.07, 6.45) is 0.967. The van der Waals surface area contributed by atoms with Crippen molar-refractivity contribution in [3.63, 3.8) is 0 Å². The number of aromatic nitrogens is 3. The lowest BCUT2D eigenvalue weighted by Crippen LogP contribution is -2.12. The number of hydrogen-bond acceptors (Lipinski definition) is 4. The fourth-order valence-electron chi connectivity index (χ4n) is 2.97. The highest BCUT2D eigenvalue weighted by atomic mass is 15.3. The van der Waals surface area contributed by atoms with Crippen molar-refractivity contribution in [1.29, 1.82) is 0 Å². The van der Waals surface area contributed by atoms with Crippen LogP contribution in [0.2, 0.25) is 0 Å². The lowest BCUT2D eigenvalue weighted by Gasteiger charge is -2.19. The van der Waals surface area contributed by atoms with Gasteiger partial charge in [-0.05, 0) is 29.7 Å². The number of nitrogens with zero attached hydrogens (tertiary/aromatic N) is 3. The predicted molar refractivity (Wildman–Crippen MR) is 86.9 cm³/mol. The van der Waals surface area contributed by atoms with Crippen LogP contribution in [0.1, 0.15) is 11.1 Å². The summed E-state index contributed by atoms with van der Waals surface area (Å²) in [5.41, 5.74) is 16.9. The van der Waals surface area contributed by atoms with Gasteiger partial charge < -0.3 is 16.0 Å². The van der Waals surface area contributed by atoms with Crippen molar-refractivity contribution in [2.24, 2.45) is 5.73 Å². The average molecular weight is 291 g/mol. The normalized spacial score (nSPS) is 12.8. The lowest BCUT2D eigenvalue weighted by atomic mass is 9.99. The van der Waals surface area contributed by atoms with Gasteiger partial charge in [0.15, 0.2) is 11.6 Å². The molecule has 0 unspecified atom stereocenters. The maximum atomic E-state index is 5.92. The van der Waals surface area contributed by atoms with Crippen LogP contribution in [0.3, 0.4) is 0 Å². The van der Waals surface area contributed by atoms with Crippen molar-refractivity contribution in [3.05, 3.63) is 53.6 Å². The average Bonchev–Trinajstić information content (AvgIpc) is 2.99. The minimum Gasteiger partial charge on any atom is -0.399 e. The summed E-state index contributed by atoms with van der Waals surface area (Å²) in [5.74, 6) is 1.79. The van der Waals surface area contributed by atoms with E-state index in [0.717, 1.165) is 47.0 Å². The molecule has 1 aromatic heterocycles. The van der Waals surface area contributed by atoms with Gasteiger partial charge in [0.1, 0.15) is 0 Å². The quantitative estimate of drug-likeness (QED) is 0.709. The van der Waals surface area contributed by atoms with E-state index >= 15 is 0 Å². The van der Waals surface area contributed by atoms with E-state index in [1.54, 1.807) is 0 Å². The van der Waals surface area contributed by atoms with Crippen molar-refractivity contribution in [1.82, 2.24) is 14.8 Å². The van der Waals surface area contributed by atoms with Gasteiger partial charge in [0, 0.05) is 29.9 Å². The van der Waals surface area contributed by atoms with E-state index in [1.807, 2.05) is 36.4 Å². The molecule has 4 N–H and O–H groups in total. The Morgan fingerprint density at radius 2 is 1.77 bits per heavy atom. The number of hydrogen-bond donors (Lipinski definition) is 2. The van der Waals surface area contributed by atoms with Crippen LogP contribution in [0.4, 0.5) is 5.69 Å². The second-order valence-corrected chi connectivity index (χ2v) is 5.57. The van der Waals surface area contributed by atoms with E-state index in [4.69, 9.17) is 11.5 Å². The van der Waals surface area contributed by atoms with Crippen molar-refractivity contribution in [3.8, 4) is 22.8 Å². The molecule has 0 radical (unpaired) electrons. The second-order valence-electron chi connectivity index (χ2n) is 5.57. The summed E-state index contributed by atoms with van der Waals surface area (Å²) in [6.45, 7) is 1.43. The zero-order valence-electron chi connectivity index (χ0n) is 12.2. The standard InChI is InChI=1S/C17H17N5/c18-10-11-1-3-13(4-2-11)16-20-21-17-15-9-14(19)6-5-12(15)7-8-22(16)17/h1-6,9H,7-8,10,18-19H2. The smallest absolute Gasteiger partial charge is 0.164 e. The second kappa shape index (κ2) is 4.96. The maximum Gasteiger partial charge on any atom is 0.164 e. The molecule has 0 saturated heterocycles. The maximum absolute atomic E-state index is 5.92. The molecule has 0 amide bonds. The largest absolute Gasteiger partial charge is 0.399 e. The van der Waals surface area contributed by atoms with Crippen LogP contribution in [0.15, 0.2) is 42.5 Å². The van der Waals surface area contributed by atoms with Crippen LogP contribution in [0.25, 0.3) is 22.8 Å². The Hall–Kier alpha value is -2.66. The Kier molecular flexibility index (Phi) is 2.94. The summed E-state index contributed by atoms with van der Waals surface area (Å²) in [6, 6.07) is 14.2. The molecule has 0 atom stereocenters. The van der Waals surface area contributed by atoms with Crippen molar-refractivity contribution in [2.75, 3.05) is 5.73 Å². The molecule has 3 aromatic rings. The molecule has 110 valence electrons. The van der Waals surface area contributed by atoms with E-state index in [2.05, 4.69) is 20.8 Å². The molecule has 0 bridgehead atoms. The minimum absolute atomic E-state index is 0.547. The molecular formula is C17H17N5. The Bertz CT molecular complexity index is 833. The van der Waals surface area contributed by atoms with Crippen LogP contribution in [0.5, 0.6) is 0 Å². The third kappa shape index (κ3) is 1.98. The first-order valence-electron chi connectivity index (χ1n) is 7.37. The number of nitrogens with two attached hydrogens (primary N) is 2. The van der Waals surface area contributed by atoms with Crippen molar-refractivity contribution >= 4 is 5.69 Å². The molecule has 0 aliphatic carbocycles. The molecule has 5 heteroatoms. The molecule has 4 rings (SSSR count). The van der Waals surface area contributed by atoms with Gasteiger partial charge >= 0.3 is 0 Å². The van der Waals surface area contributed by atoms with Crippen LogP contribution >= 0.6 is 0 Å². The van der Waals surface area contributed by atoms with Gasteiger partial charge in [-0.15, -0.1) is 10.2 Å². The minimum atomic E-state index is 0.547. The van der Waals surface area contributed by atoms with Crippen LogP contribution < -0.4 is 11.5 Å². The van der Waals surface area contributed by atoms with Gasteiger partial charge in [-0.2, -0.15) is 0 Å². The molecule has 1 aliphatic heterocycles. The van der Waals surface area contributed by atoms with Gasteiger partial charge in [0.05, 0.1) is 0 Å². The van der Waals surface area contributed by atoms with E-state index in [-0.39, 0.29) is 0 Å². The highest BCUT2D eigenvalue weighted by Gasteiger charge is 2.22. The fraction of sp³-hybridized carbons (Fsp3) is 0.176. The topological polar surface area (TPSA) is 82.8 Å². The van der Waals surface area contributed by atoms with Crippen molar-refractivity contribution in [2.45, 2.75) is 19.5 Å². The highest BCUT2D eigenvalue weighted by Crippen LogP contribution is 2.32. The molecule has 2 heterocycles. The molecule has 2 aromatic carbocycles. The number of anilines is 1. The van der Waals surface area contributed by atoms with Gasteiger partial charge in [-0.1, -0.05) is 30.3 Å². The Balaban J connectivity index is 1.82. The molecule has 1 aliphatic rings. The Labute approximate surface area is 128 Å². The Morgan fingerprint density at radius 3 is 2.55 bits per heavy atom. The number of aryl methyl sites for hydroxylation is 1. The number of benzene rings is 2. The fourth-order valence-corrected chi connectivity index (χ4v) is 2.97. The molecular weight excluding hydrogens is 274 g/mol. The number of fused-ring (bicyclic) bond motifs is 3. The monoisotopic (exact) mass is 291 g/mol. The predicted octanol–water partition coefficient (Wildman–Crippen LogP) is 2.21. The molecule has 0 fully saturated rings. The SMILES string of the molecule is NCc1ccc(-c2nnc3n2CCc2ccc(N)cc2-3)cc1. The van der Waals surface area contributed by atoms with Crippen molar-refractivity contribution < 1.29 is 0 Å². The van der Waals surface area contributed by atoms with Crippen LogP contribution in [0, 0.1) is 0 Å². The molecule has 0 saturated carbocycles. The third-order valence-electron chi connectivity index (χ3n) is 4.18. The first kappa shape index (κ1) is 13.0. The first-order valence-corrected chi connectivity index (χ1v) is 7.37. The summed E-state index contributed by atoms with van der Waals surface area (Å²) >= 11 is 0. The number of rotatable bonds is 2. The highest BCUT2D eigenvalue weighted by molar-refractivity contribution is 5.70. The molecule has 22 heavy (non-hydrogen) atoms. The number of nitrogen functional groups attached to an aromatic ring is 1. The summed E-state index contributed by atoms with van der Waals surface area (Å²) in [7, 11) is 0. The van der Waals surface area contributed by atoms with Gasteiger partial charge in [0.2, 0.25) is 0 Å². The van der Waals surface area contributed by atoms with E-state index in [9.17, 15) is 0 Å². The van der Waals surface area contributed by atoms with Gasteiger partial charge in [-0.3, -0.25) is 0 Å². The summed E-state index contributed by atoms with van der Waals surface area (Å²) in [5, 5.41) is 8.78. The lowest BCUT2D eigenvalue weighted by molar-refractivity contribution is 0.688. The van der Waals surface area contributed by atoms with E-state index in [1.165, 1.54) is 5.56 Å². The zero-order chi connectivity index (χ0) is 15.1. The van der Waals surface area contributed by atoms with E-state index in [0.29, 0.717) is 6.54 Å². The van der Waals surface area contributed by atoms with E-state index < -0.39 is 0 Å². The molecule has 5 nitrogen and oxygen atoms in total.